The van der Waals surface area contributed by atoms with Gasteiger partial charge in [0.1, 0.15) is 6.04 Å². The number of likely N-dealkylation sites (tertiary alicyclic amines) is 1. The molecular weight excluding hydrogens is 263 g/mol. The maximum atomic E-state index is 12.5. The molecule has 0 aliphatic carbocycles. The number of halogens is 3. The van der Waals surface area contributed by atoms with E-state index >= 15 is 0 Å². The predicted octanol–water partition coefficient (Wildman–Crippen LogP) is 2.00. The van der Waals surface area contributed by atoms with Crippen molar-refractivity contribution in [3.05, 3.63) is 35.4 Å². The van der Waals surface area contributed by atoms with Crippen LogP contribution in [0.5, 0.6) is 0 Å². The Morgan fingerprint density at radius 2 is 2.00 bits per heavy atom. The molecule has 1 N–H and O–H groups in total. The molecule has 0 saturated carbocycles. The number of alkyl halides is 3. The molecule has 0 bridgehead atoms. The van der Waals surface area contributed by atoms with Gasteiger partial charge in [0, 0.05) is 12.1 Å². The zero-order valence-corrected chi connectivity index (χ0v) is 9.65. The summed E-state index contributed by atoms with van der Waals surface area (Å²) in [6.45, 7) is 0.242. The van der Waals surface area contributed by atoms with E-state index in [0.29, 0.717) is 6.42 Å². The van der Waals surface area contributed by atoms with Crippen LogP contribution in [0.4, 0.5) is 13.2 Å². The second-order valence-corrected chi connectivity index (χ2v) is 4.22. The fourth-order valence-corrected chi connectivity index (χ4v) is 1.88. The monoisotopic (exact) mass is 273 g/mol. The quantitative estimate of drug-likeness (QED) is 0.896. The number of aliphatic carboxylic acids is 1. The number of carbonyl (C=O) groups excluding carboxylic acids is 1. The predicted molar refractivity (Wildman–Crippen MR) is 58.5 cm³/mol. The summed E-state index contributed by atoms with van der Waals surface area (Å²) in [5, 5.41) is 8.81. The van der Waals surface area contributed by atoms with E-state index in [2.05, 4.69) is 0 Å². The van der Waals surface area contributed by atoms with Crippen molar-refractivity contribution in [1.82, 2.24) is 4.90 Å². The SMILES string of the molecule is O=C(O)[C@H]1CCN1C(=O)c1cccc(C(F)(F)F)c1. The Morgan fingerprint density at radius 3 is 2.47 bits per heavy atom. The van der Waals surface area contributed by atoms with Crippen LogP contribution in [-0.2, 0) is 11.0 Å². The summed E-state index contributed by atoms with van der Waals surface area (Å²) in [4.78, 5) is 23.7. The van der Waals surface area contributed by atoms with Crippen LogP contribution in [-0.4, -0.2) is 34.5 Å². The van der Waals surface area contributed by atoms with Crippen molar-refractivity contribution in [3.63, 3.8) is 0 Å². The van der Waals surface area contributed by atoms with Gasteiger partial charge in [-0.3, -0.25) is 4.79 Å². The highest BCUT2D eigenvalue weighted by Gasteiger charge is 2.38. The van der Waals surface area contributed by atoms with Gasteiger partial charge in [0.05, 0.1) is 5.56 Å². The molecule has 1 saturated heterocycles. The number of carbonyl (C=O) groups is 2. The third-order valence-electron chi connectivity index (χ3n) is 3.00. The first-order chi connectivity index (χ1) is 8.80. The molecule has 1 amide bonds. The van der Waals surface area contributed by atoms with Crippen LogP contribution in [0.1, 0.15) is 22.3 Å². The summed E-state index contributed by atoms with van der Waals surface area (Å²) < 4.78 is 37.5. The number of rotatable bonds is 2. The molecule has 1 heterocycles. The van der Waals surface area contributed by atoms with Crippen LogP contribution in [0.15, 0.2) is 24.3 Å². The number of hydrogen-bond donors (Lipinski definition) is 1. The van der Waals surface area contributed by atoms with Crippen LogP contribution < -0.4 is 0 Å². The molecular formula is C12H10F3NO3. The smallest absolute Gasteiger partial charge is 0.416 e. The zero-order valence-electron chi connectivity index (χ0n) is 9.65. The van der Waals surface area contributed by atoms with E-state index < -0.39 is 29.7 Å². The van der Waals surface area contributed by atoms with Crippen LogP contribution in [0.25, 0.3) is 0 Å². The summed E-state index contributed by atoms with van der Waals surface area (Å²) in [7, 11) is 0. The Bertz CT molecular complexity index is 527. The minimum absolute atomic E-state index is 0.152. The fraction of sp³-hybridized carbons (Fsp3) is 0.333. The van der Waals surface area contributed by atoms with Gasteiger partial charge in [-0.05, 0) is 24.6 Å². The fourth-order valence-electron chi connectivity index (χ4n) is 1.88. The summed E-state index contributed by atoms with van der Waals surface area (Å²) >= 11 is 0. The lowest BCUT2D eigenvalue weighted by atomic mass is 10.0. The van der Waals surface area contributed by atoms with E-state index in [1.807, 2.05) is 0 Å². The van der Waals surface area contributed by atoms with Crippen molar-refractivity contribution in [1.29, 1.82) is 0 Å². The number of nitrogens with zero attached hydrogens (tertiary/aromatic N) is 1. The van der Waals surface area contributed by atoms with Gasteiger partial charge in [-0.2, -0.15) is 13.2 Å². The molecule has 4 nitrogen and oxygen atoms in total. The highest BCUT2D eigenvalue weighted by Crippen LogP contribution is 2.30. The lowest BCUT2D eigenvalue weighted by Gasteiger charge is -2.38. The normalized spacial score (nSPS) is 18.9. The topological polar surface area (TPSA) is 57.6 Å². The number of carboxylic acids is 1. The van der Waals surface area contributed by atoms with Crippen molar-refractivity contribution in [2.75, 3.05) is 6.54 Å². The molecule has 0 spiro atoms. The molecule has 0 unspecified atom stereocenters. The Morgan fingerprint density at radius 1 is 1.32 bits per heavy atom. The molecule has 0 aromatic heterocycles. The first-order valence-corrected chi connectivity index (χ1v) is 5.52. The largest absolute Gasteiger partial charge is 0.480 e. The molecule has 1 aromatic rings. The summed E-state index contributed by atoms with van der Waals surface area (Å²) in [5.41, 5.74) is -1.08. The van der Waals surface area contributed by atoms with E-state index in [1.54, 1.807) is 0 Å². The van der Waals surface area contributed by atoms with Gasteiger partial charge < -0.3 is 10.0 Å². The molecule has 102 valence electrons. The van der Waals surface area contributed by atoms with Crippen molar-refractivity contribution < 1.29 is 27.9 Å². The minimum Gasteiger partial charge on any atom is -0.480 e. The van der Waals surface area contributed by atoms with Crippen molar-refractivity contribution in [2.24, 2.45) is 0 Å². The highest BCUT2D eigenvalue weighted by molar-refractivity contribution is 5.97. The van der Waals surface area contributed by atoms with Gasteiger partial charge in [-0.15, -0.1) is 0 Å². The van der Waals surface area contributed by atoms with Gasteiger partial charge in [0.15, 0.2) is 0 Å². The number of benzene rings is 1. The standard InChI is InChI=1S/C12H10F3NO3/c13-12(14,15)8-3-1-2-7(6-8)10(17)16-5-4-9(16)11(18)19/h1-3,6,9H,4-5H2,(H,18,19)/t9-/m1/s1. The maximum Gasteiger partial charge on any atom is 0.416 e. The van der Waals surface area contributed by atoms with Crippen molar-refractivity contribution in [3.8, 4) is 0 Å². The van der Waals surface area contributed by atoms with E-state index in [1.165, 1.54) is 6.07 Å². The minimum atomic E-state index is -4.53. The Kier molecular flexibility index (Phi) is 3.21. The second kappa shape index (κ2) is 4.56. The van der Waals surface area contributed by atoms with Crippen molar-refractivity contribution >= 4 is 11.9 Å². The first kappa shape index (κ1) is 13.4. The van der Waals surface area contributed by atoms with Crippen LogP contribution in [0.2, 0.25) is 0 Å². The lowest BCUT2D eigenvalue weighted by molar-refractivity contribution is -0.146. The van der Waals surface area contributed by atoms with Crippen molar-refractivity contribution in [2.45, 2.75) is 18.6 Å². The molecule has 1 atom stereocenters. The lowest BCUT2D eigenvalue weighted by Crippen LogP contribution is -2.55. The van der Waals surface area contributed by atoms with Gasteiger partial charge in [-0.25, -0.2) is 4.79 Å². The van der Waals surface area contributed by atoms with E-state index in [-0.39, 0.29) is 12.1 Å². The molecule has 1 aliphatic rings. The van der Waals surface area contributed by atoms with E-state index in [0.717, 1.165) is 23.1 Å². The van der Waals surface area contributed by atoms with Crippen LogP contribution >= 0.6 is 0 Å². The molecule has 7 heteroatoms. The molecule has 1 fully saturated rings. The zero-order chi connectivity index (χ0) is 14.2. The number of hydrogen-bond acceptors (Lipinski definition) is 2. The second-order valence-electron chi connectivity index (χ2n) is 4.22. The van der Waals surface area contributed by atoms with Gasteiger partial charge in [0.25, 0.3) is 5.91 Å². The number of carboxylic acid groups (broad SMARTS) is 1. The third-order valence-corrected chi connectivity index (χ3v) is 3.00. The van der Waals surface area contributed by atoms with Crippen LogP contribution in [0, 0.1) is 0 Å². The molecule has 1 aromatic carbocycles. The Balaban J connectivity index is 2.23. The average molecular weight is 273 g/mol. The van der Waals surface area contributed by atoms with Gasteiger partial charge in [-0.1, -0.05) is 6.07 Å². The highest BCUT2D eigenvalue weighted by atomic mass is 19.4. The Hall–Kier alpha value is -2.05. The molecule has 19 heavy (non-hydrogen) atoms. The summed E-state index contributed by atoms with van der Waals surface area (Å²) in [6, 6.07) is 3.03. The molecule has 0 radical (unpaired) electrons. The van der Waals surface area contributed by atoms with Crippen LogP contribution in [0.3, 0.4) is 0 Å². The molecule has 1 aliphatic heterocycles. The summed E-state index contributed by atoms with van der Waals surface area (Å²) in [6.07, 6.45) is -4.21. The molecule has 2 rings (SSSR count). The van der Waals surface area contributed by atoms with Gasteiger partial charge in [0.2, 0.25) is 0 Å². The summed E-state index contributed by atoms with van der Waals surface area (Å²) in [5.74, 6) is -1.84. The van der Waals surface area contributed by atoms with Gasteiger partial charge >= 0.3 is 12.1 Å². The van der Waals surface area contributed by atoms with E-state index in [9.17, 15) is 22.8 Å². The number of amides is 1. The first-order valence-electron chi connectivity index (χ1n) is 5.52. The Labute approximate surface area is 106 Å². The average Bonchev–Trinajstić information content (AvgIpc) is 2.25. The third kappa shape index (κ3) is 2.54. The maximum absolute atomic E-state index is 12.5. The van der Waals surface area contributed by atoms with E-state index in [4.69, 9.17) is 5.11 Å².